The van der Waals surface area contributed by atoms with E-state index < -0.39 is 14.8 Å². The molecule has 0 aliphatic carbocycles. The zero-order valence-corrected chi connectivity index (χ0v) is 13.3. The van der Waals surface area contributed by atoms with Crippen LogP contribution in [0.5, 0.6) is 0 Å². The Kier molecular flexibility index (Phi) is 4.80. The Morgan fingerprint density at radius 3 is 2.50 bits per heavy atom. The van der Waals surface area contributed by atoms with Crippen molar-refractivity contribution in [2.45, 2.75) is 35.8 Å². The first-order chi connectivity index (χ1) is 9.40. The van der Waals surface area contributed by atoms with Gasteiger partial charge in [0.05, 0.1) is 15.9 Å². The van der Waals surface area contributed by atoms with Crippen molar-refractivity contribution in [3.8, 4) is 0 Å². The molecular weight excluding hydrogens is 346 g/mol. The second-order valence-electron chi connectivity index (χ2n) is 5.04. The van der Waals surface area contributed by atoms with Gasteiger partial charge in [-0.3, -0.25) is 10.1 Å². The predicted molar refractivity (Wildman–Crippen MR) is 80.9 cm³/mol. The molecule has 1 aliphatic heterocycles. The van der Waals surface area contributed by atoms with Crippen LogP contribution in [0.2, 0.25) is 0 Å². The number of nitro groups is 1. The summed E-state index contributed by atoms with van der Waals surface area (Å²) in [4.78, 5) is 10.00. The molecule has 5 nitrogen and oxygen atoms in total. The molecule has 1 fully saturated rings. The van der Waals surface area contributed by atoms with Gasteiger partial charge in [-0.2, -0.15) is 0 Å². The summed E-state index contributed by atoms with van der Waals surface area (Å²) in [5, 5.41) is 10.2. The van der Waals surface area contributed by atoms with Gasteiger partial charge in [0.25, 0.3) is 5.69 Å². The van der Waals surface area contributed by atoms with Crippen molar-refractivity contribution in [1.82, 2.24) is 0 Å². The van der Waals surface area contributed by atoms with Gasteiger partial charge in [-0.1, -0.05) is 34.5 Å². The topological polar surface area (TPSA) is 77.3 Å². The number of non-ortho nitro benzene ring substituents is 1. The van der Waals surface area contributed by atoms with Crippen molar-refractivity contribution in [2.75, 3.05) is 5.75 Å². The minimum absolute atomic E-state index is 0.0464. The van der Waals surface area contributed by atoms with Crippen molar-refractivity contribution in [3.63, 3.8) is 0 Å². The fourth-order valence-corrected chi connectivity index (χ4v) is 6.10. The van der Waals surface area contributed by atoms with E-state index >= 15 is 0 Å². The molecule has 0 spiro atoms. The van der Waals surface area contributed by atoms with Crippen LogP contribution >= 0.6 is 15.9 Å². The van der Waals surface area contributed by atoms with Gasteiger partial charge < -0.3 is 0 Å². The van der Waals surface area contributed by atoms with Crippen LogP contribution in [-0.2, 0) is 16.3 Å². The monoisotopic (exact) mass is 361 g/mol. The average molecular weight is 362 g/mol. The minimum atomic E-state index is -3.02. The highest BCUT2D eigenvalue weighted by atomic mass is 79.9. The molecule has 2 unspecified atom stereocenters. The molecule has 1 aromatic carbocycles. The zero-order valence-electron chi connectivity index (χ0n) is 10.9. The molecular formula is C13H16BrNO4S. The Balaban J connectivity index is 2.07. The zero-order chi connectivity index (χ0) is 14.8. The summed E-state index contributed by atoms with van der Waals surface area (Å²) in [5.74, 6) is 0.264. The smallest absolute Gasteiger partial charge is 0.258 e. The maximum Gasteiger partial charge on any atom is 0.269 e. The Morgan fingerprint density at radius 1 is 1.30 bits per heavy atom. The van der Waals surface area contributed by atoms with Crippen LogP contribution in [0.25, 0.3) is 0 Å². The number of nitrogens with zero attached hydrogens (tertiary/aromatic N) is 1. The second kappa shape index (κ2) is 6.22. The normalized spacial score (nSPS) is 23.1. The molecule has 110 valence electrons. The van der Waals surface area contributed by atoms with E-state index in [4.69, 9.17) is 0 Å². The van der Waals surface area contributed by atoms with Gasteiger partial charge in [0.1, 0.15) is 0 Å². The van der Waals surface area contributed by atoms with E-state index in [1.54, 1.807) is 12.1 Å². The Hall–Kier alpha value is -0.950. The van der Waals surface area contributed by atoms with E-state index in [2.05, 4.69) is 15.9 Å². The summed E-state index contributed by atoms with van der Waals surface area (Å²) < 4.78 is 24.1. The average Bonchev–Trinajstić information content (AvgIpc) is 2.38. The number of halogens is 1. The SMILES string of the molecule is O=[N+]([O-])c1ccc(CC(Br)C2CCCCS2(=O)=O)cc1. The van der Waals surface area contributed by atoms with Crippen molar-refractivity contribution in [1.29, 1.82) is 0 Å². The highest BCUT2D eigenvalue weighted by molar-refractivity contribution is 9.09. The standard InChI is InChI=1S/C13H16BrNO4S/c14-12(13-3-1-2-8-20(13,18)19)9-10-4-6-11(7-5-10)15(16)17/h4-7,12-13H,1-3,8-9H2. The van der Waals surface area contributed by atoms with Gasteiger partial charge in [0.15, 0.2) is 9.84 Å². The van der Waals surface area contributed by atoms with E-state index in [1.165, 1.54) is 12.1 Å². The molecule has 0 radical (unpaired) electrons. The highest BCUT2D eigenvalue weighted by Gasteiger charge is 2.34. The number of benzene rings is 1. The number of hydrogen-bond acceptors (Lipinski definition) is 4. The lowest BCUT2D eigenvalue weighted by Gasteiger charge is -2.26. The number of alkyl halides is 1. The first-order valence-electron chi connectivity index (χ1n) is 6.49. The largest absolute Gasteiger partial charge is 0.269 e. The van der Waals surface area contributed by atoms with E-state index in [-0.39, 0.29) is 21.5 Å². The van der Waals surface area contributed by atoms with Gasteiger partial charge >= 0.3 is 0 Å². The van der Waals surface area contributed by atoms with Crippen LogP contribution in [0.1, 0.15) is 24.8 Å². The summed E-state index contributed by atoms with van der Waals surface area (Å²) >= 11 is 3.49. The van der Waals surface area contributed by atoms with E-state index in [9.17, 15) is 18.5 Å². The second-order valence-corrected chi connectivity index (χ2v) is 8.56. The van der Waals surface area contributed by atoms with Crippen molar-refractivity contribution in [3.05, 3.63) is 39.9 Å². The lowest BCUT2D eigenvalue weighted by Crippen LogP contribution is -2.36. The molecule has 2 rings (SSSR count). The van der Waals surface area contributed by atoms with Crippen LogP contribution in [0.15, 0.2) is 24.3 Å². The molecule has 0 amide bonds. The lowest BCUT2D eigenvalue weighted by molar-refractivity contribution is -0.384. The van der Waals surface area contributed by atoms with Crippen LogP contribution in [0.4, 0.5) is 5.69 Å². The van der Waals surface area contributed by atoms with E-state index in [0.29, 0.717) is 12.8 Å². The molecule has 0 bridgehead atoms. The molecule has 0 saturated carbocycles. The van der Waals surface area contributed by atoms with E-state index in [1.807, 2.05) is 0 Å². The third-order valence-electron chi connectivity index (χ3n) is 3.61. The van der Waals surface area contributed by atoms with Crippen LogP contribution in [0, 0.1) is 10.1 Å². The van der Waals surface area contributed by atoms with Crippen LogP contribution < -0.4 is 0 Å². The Bertz CT molecular complexity index is 585. The Morgan fingerprint density at radius 2 is 1.95 bits per heavy atom. The first-order valence-corrected chi connectivity index (χ1v) is 9.12. The van der Waals surface area contributed by atoms with Gasteiger partial charge in [-0.05, 0) is 24.8 Å². The van der Waals surface area contributed by atoms with Crippen molar-refractivity contribution in [2.24, 2.45) is 0 Å². The highest BCUT2D eigenvalue weighted by Crippen LogP contribution is 2.28. The molecule has 0 N–H and O–H groups in total. The summed E-state index contributed by atoms with van der Waals surface area (Å²) in [5.41, 5.74) is 0.948. The minimum Gasteiger partial charge on any atom is -0.258 e. The molecule has 1 saturated heterocycles. The maximum atomic E-state index is 12.0. The molecule has 20 heavy (non-hydrogen) atoms. The first kappa shape index (κ1) is 15.4. The fraction of sp³-hybridized carbons (Fsp3) is 0.538. The van der Waals surface area contributed by atoms with Gasteiger partial charge in [-0.25, -0.2) is 8.42 Å². The van der Waals surface area contributed by atoms with Gasteiger partial charge in [0.2, 0.25) is 0 Å². The van der Waals surface area contributed by atoms with Crippen molar-refractivity contribution < 1.29 is 13.3 Å². The summed E-state index contributed by atoms with van der Waals surface area (Å²) in [6.07, 6.45) is 2.93. The lowest BCUT2D eigenvalue weighted by atomic mass is 10.0. The third-order valence-corrected chi connectivity index (χ3v) is 7.27. The number of hydrogen-bond donors (Lipinski definition) is 0. The summed E-state index contributed by atoms with van der Waals surface area (Å²) in [6, 6.07) is 6.26. The third kappa shape index (κ3) is 3.58. The fourth-order valence-electron chi connectivity index (χ4n) is 2.50. The Labute approximate surface area is 126 Å². The van der Waals surface area contributed by atoms with Crippen molar-refractivity contribution >= 4 is 31.5 Å². The predicted octanol–water partition coefficient (Wildman–Crippen LogP) is 2.87. The number of rotatable bonds is 4. The van der Waals surface area contributed by atoms with Crippen LogP contribution in [0.3, 0.4) is 0 Å². The summed E-state index contributed by atoms with van der Waals surface area (Å²) in [6.45, 7) is 0. The molecule has 7 heteroatoms. The van der Waals surface area contributed by atoms with Crippen LogP contribution in [-0.4, -0.2) is 29.2 Å². The number of nitro benzene ring substituents is 1. The van der Waals surface area contributed by atoms with Gasteiger partial charge in [0, 0.05) is 17.0 Å². The van der Waals surface area contributed by atoms with Gasteiger partial charge in [-0.15, -0.1) is 0 Å². The molecule has 0 aromatic heterocycles. The molecule has 1 aliphatic rings. The molecule has 2 atom stereocenters. The maximum absolute atomic E-state index is 12.0. The molecule has 1 aromatic rings. The quantitative estimate of drug-likeness (QED) is 0.469. The summed E-state index contributed by atoms with van der Waals surface area (Å²) in [7, 11) is -3.02. The number of sulfone groups is 1. The molecule has 1 heterocycles. The van der Waals surface area contributed by atoms with E-state index in [0.717, 1.165) is 18.4 Å².